The zero-order chi connectivity index (χ0) is 17.1. The average molecular weight is 331 g/mol. The van der Waals surface area contributed by atoms with E-state index in [2.05, 4.69) is 35.3 Å². The molecule has 1 aromatic carbocycles. The number of hydrogen-bond donors (Lipinski definition) is 2. The van der Waals surface area contributed by atoms with Crippen LogP contribution in [0.3, 0.4) is 0 Å². The lowest BCUT2D eigenvalue weighted by Gasteiger charge is -2.23. The van der Waals surface area contributed by atoms with Gasteiger partial charge in [0.1, 0.15) is 0 Å². The number of urea groups is 1. The number of carbonyl (C=O) groups is 1. The number of anilines is 1. The van der Waals surface area contributed by atoms with Crippen molar-refractivity contribution in [2.24, 2.45) is 5.92 Å². The molecule has 2 heterocycles. The van der Waals surface area contributed by atoms with Crippen LogP contribution in [-0.2, 0) is 6.54 Å². The molecule has 1 aromatic rings. The first-order valence-electron chi connectivity index (χ1n) is 9.10. The molecule has 0 radical (unpaired) electrons. The van der Waals surface area contributed by atoms with E-state index in [1.165, 1.54) is 29.7 Å². The SMILES string of the molecule is Cc1ccc(CNC(=O)N2CC[C@H]([C@H](C)O)C2)c(N2CCCC2)c1. The molecule has 5 heteroatoms. The van der Waals surface area contributed by atoms with Gasteiger partial charge in [-0.05, 0) is 50.3 Å². The van der Waals surface area contributed by atoms with E-state index in [9.17, 15) is 9.90 Å². The molecule has 3 rings (SSSR count). The predicted molar refractivity (Wildman–Crippen MR) is 96.2 cm³/mol. The maximum atomic E-state index is 12.4. The van der Waals surface area contributed by atoms with Crippen LogP contribution in [0.5, 0.6) is 0 Å². The predicted octanol–water partition coefficient (Wildman–Crippen LogP) is 2.51. The molecule has 2 fully saturated rings. The minimum atomic E-state index is -0.346. The summed E-state index contributed by atoms with van der Waals surface area (Å²) < 4.78 is 0. The van der Waals surface area contributed by atoms with E-state index in [-0.39, 0.29) is 18.1 Å². The van der Waals surface area contributed by atoms with Crippen LogP contribution in [0.1, 0.15) is 37.3 Å². The summed E-state index contributed by atoms with van der Waals surface area (Å²) >= 11 is 0. The Morgan fingerprint density at radius 1 is 1.33 bits per heavy atom. The molecule has 2 N–H and O–H groups in total. The minimum absolute atomic E-state index is 0.0221. The summed E-state index contributed by atoms with van der Waals surface area (Å²) in [7, 11) is 0. The molecule has 132 valence electrons. The third-order valence-corrected chi connectivity index (χ3v) is 5.31. The van der Waals surface area contributed by atoms with Crippen LogP contribution >= 0.6 is 0 Å². The summed E-state index contributed by atoms with van der Waals surface area (Å²) in [6.45, 7) is 8.06. The van der Waals surface area contributed by atoms with Gasteiger partial charge in [0.05, 0.1) is 6.10 Å². The second kappa shape index (κ2) is 7.43. The molecular formula is C19H29N3O2. The Kier molecular flexibility index (Phi) is 5.29. The Morgan fingerprint density at radius 3 is 2.75 bits per heavy atom. The van der Waals surface area contributed by atoms with Crippen LogP contribution in [0.15, 0.2) is 18.2 Å². The molecule has 2 atom stereocenters. The van der Waals surface area contributed by atoms with E-state index < -0.39 is 0 Å². The van der Waals surface area contributed by atoms with Crippen molar-refractivity contribution >= 4 is 11.7 Å². The highest BCUT2D eigenvalue weighted by atomic mass is 16.3. The number of rotatable bonds is 4. The Bertz CT molecular complexity index is 582. The number of benzene rings is 1. The second-order valence-electron chi connectivity index (χ2n) is 7.22. The molecule has 24 heavy (non-hydrogen) atoms. The largest absolute Gasteiger partial charge is 0.393 e. The highest BCUT2D eigenvalue weighted by Gasteiger charge is 2.29. The summed E-state index contributed by atoms with van der Waals surface area (Å²) in [5, 5.41) is 12.7. The number of aryl methyl sites for hydroxylation is 1. The smallest absolute Gasteiger partial charge is 0.317 e. The number of hydrogen-bond acceptors (Lipinski definition) is 3. The van der Waals surface area contributed by atoms with Gasteiger partial charge in [0.2, 0.25) is 0 Å². The molecule has 5 nitrogen and oxygen atoms in total. The topological polar surface area (TPSA) is 55.8 Å². The zero-order valence-corrected chi connectivity index (χ0v) is 14.8. The van der Waals surface area contributed by atoms with Crippen LogP contribution in [0.2, 0.25) is 0 Å². The Balaban J connectivity index is 1.61. The van der Waals surface area contributed by atoms with E-state index in [1.54, 1.807) is 6.92 Å². The van der Waals surface area contributed by atoms with E-state index in [1.807, 2.05) is 4.90 Å². The first kappa shape index (κ1) is 17.1. The fourth-order valence-electron chi connectivity index (χ4n) is 3.72. The lowest BCUT2D eigenvalue weighted by molar-refractivity contribution is 0.129. The van der Waals surface area contributed by atoms with Crippen molar-refractivity contribution in [3.63, 3.8) is 0 Å². The number of nitrogens with zero attached hydrogens (tertiary/aromatic N) is 2. The highest BCUT2D eigenvalue weighted by Crippen LogP contribution is 2.26. The van der Waals surface area contributed by atoms with Crippen molar-refractivity contribution in [2.45, 2.75) is 45.8 Å². The molecule has 0 spiro atoms. The van der Waals surface area contributed by atoms with Crippen molar-refractivity contribution < 1.29 is 9.90 Å². The summed E-state index contributed by atoms with van der Waals surface area (Å²) in [5.41, 5.74) is 3.70. The molecule has 2 saturated heterocycles. The highest BCUT2D eigenvalue weighted by molar-refractivity contribution is 5.75. The van der Waals surface area contributed by atoms with Crippen LogP contribution in [-0.4, -0.2) is 48.3 Å². The van der Waals surface area contributed by atoms with Crippen molar-refractivity contribution in [3.8, 4) is 0 Å². The third kappa shape index (κ3) is 3.83. The van der Waals surface area contributed by atoms with E-state index in [0.29, 0.717) is 13.1 Å². The lowest BCUT2D eigenvalue weighted by Crippen LogP contribution is -2.39. The monoisotopic (exact) mass is 331 g/mol. The first-order chi connectivity index (χ1) is 11.5. The van der Waals surface area contributed by atoms with Crippen molar-refractivity contribution in [1.82, 2.24) is 10.2 Å². The van der Waals surface area contributed by atoms with E-state index in [0.717, 1.165) is 26.1 Å². The maximum Gasteiger partial charge on any atom is 0.317 e. The number of carbonyl (C=O) groups excluding carboxylic acids is 1. The summed E-state index contributed by atoms with van der Waals surface area (Å²) in [4.78, 5) is 16.7. The van der Waals surface area contributed by atoms with Gasteiger partial charge in [0, 0.05) is 44.3 Å². The lowest BCUT2D eigenvalue weighted by atomic mass is 10.0. The van der Waals surface area contributed by atoms with Gasteiger partial charge in [0.15, 0.2) is 0 Å². The Labute approximate surface area is 144 Å². The fourth-order valence-corrected chi connectivity index (χ4v) is 3.72. The van der Waals surface area contributed by atoms with E-state index >= 15 is 0 Å². The van der Waals surface area contributed by atoms with Crippen molar-refractivity contribution in [3.05, 3.63) is 29.3 Å². The maximum absolute atomic E-state index is 12.4. The summed E-state index contributed by atoms with van der Waals surface area (Å²) in [5.74, 6) is 0.204. The van der Waals surface area contributed by atoms with Crippen LogP contribution in [0, 0.1) is 12.8 Å². The standard InChI is InChI=1S/C19H29N3O2/c1-14-5-6-16(18(11-14)21-8-3-4-9-21)12-20-19(24)22-10-7-17(13-22)15(2)23/h5-6,11,15,17,23H,3-4,7-10,12-13H2,1-2H3,(H,20,24)/t15-,17-/m0/s1. The molecular weight excluding hydrogens is 302 g/mol. The number of amides is 2. The zero-order valence-electron chi connectivity index (χ0n) is 14.8. The first-order valence-corrected chi connectivity index (χ1v) is 9.10. The molecule has 0 bridgehead atoms. The Morgan fingerprint density at radius 2 is 2.08 bits per heavy atom. The van der Waals surface area contributed by atoms with Gasteiger partial charge in [-0.25, -0.2) is 4.79 Å². The summed E-state index contributed by atoms with van der Waals surface area (Å²) in [6, 6.07) is 6.45. The number of aliphatic hydroxyl groups is 1. The van der Waals surface area contributed by atoms with Gasteiger partial charge in [-0.3, -0.25) is 0 Å². The number of aliphatic hydroxyl groups excluding tert-OH is 1. The van der Waals surface area contributed by atoms with Crippen LogP contribution in [0.25, 0.3) is 0 Å². The molecule has 0 unspecified atom stereocenters. The second-order valence-corrected chi connectivity index (χ2v) is 7.22. The molecule has 0 saturated carbocycles. The number of nitrogens with one attached hydrogen (secondary N) is 1. The molecule has 0 aliphatic carbocycles. The van der Waals surface area contributed by atoms with Crippen LogP contribution < -0.4 is 10.2 Å². The van der Waals surface area contributed by atoms with Crippen LogP contribution in [0.4, 0.5) is 10.5 Å². The van der Waals surface area contributed by atoms with Crippen molar-refractivity contribution in [1.29, 1.82) is 0 Å². The van der Waals surface area contributed by atoms with Gasteiger partial charge in [-0.15, -0.1) is 0 Å². The normalized spacial score (nSPS) is 22.0. The van der Waals surface area contributed by atoms with Gasteiger partial charge in [-0.2, -0.15) is 0 Å². The quantitative estimate of drug-likeness (QED) is 0.891. The van der Waals surface area contributed by atoms with E-state index in [4.69, 9.17) is 0 Å². The number of likely N-dealkylation sites (tertiary alicyclic amines) is 1. The molecule has 2 amide bonds. The Hall–Kier alpha value is -1.75. The molecule has 2 aliphatic rings. The fraction of sp³-hybridized carbons (Fsp3) is 0.632. The summed E-state index contributed by atoms with van der Waals surface area (Å²) in [6.07, 6.45) is 3.03. The molecule has 2 aliphatic heterocycles. The van der Waals surface area contributed by atoms with Gasteiger partial charge in [-0.1, -0.05) is 12.1 Å². The molecule has 0 aromatic heterocycles. The minimum Gasteiger partial charge on any atom is -0.393 e. The average Bonchev–Trinajstić information content (AvgIpc) is 3.24. The van der Waals surface area contributed by atoms with Gasteiger partial charge in [0.25, 0.3) is 0 Å². The van der Waals surface area contributed by atoms with Crippen molar-refractivity contribution in [2.75, 3.05) is 31.1 Å². The van der Waals surface area contributed by atoms with Gasteiger partial charge >= 0.3 is 6.03 Å². The third-order valence-electron chi connectivity index (χ3n) is 5.31. The van der Waals surface area contributed by atoms with Gasteiger partial charge < -0.3 is 20.2 Å².